The van der Waals surface area contributed by atoms with E-state index in [0.29, 0.717) is 12.5 Å². The standard InChI is InChI=1S/C9H18N2O/c1-2-5-11-9(12)7-8-4-3-6-10-8/h8,10H,2-7H2,1H3,(H,11,12). The van der Waals surface area contributed by atoms with Gasteiger partial charge < -0.3 is 10.6 Å². The Morgan fingerprint density at radius 2 is 2.50 bits per heavy atom. The number of nitrogens with one attached hydrogen (secondary N) is 2. The molecule has 0 spiro atoms. The van der Waals surface area contributed by atoms with Gasteiger partial charge in [-0.2, -0.15) is 0 Å². The summed E-state index contributed by atoms with van der Waals surface area (Å²) in [4.78, 5) is 11.2. The predicted molar refractivity (Wildman–Crippen MR) is 48.9 cm³/mol. The first-order chi connectivity index (χ1) is 5.83. The molecule has 1 aliphatic heterocycles. The predicted octanol–water partition coefficient (Wildman–Crippen LogP) is 0.655. The SMILES string of the molecule is CCCNC(=O)CC1CCCN1. The molecule has 1 heterocycles. The topological polar surface area (TPSA) is 41.1 Å². The molecule has 0 radical (unpaired) electrons. The molecule has 0 aromatic carbocycles. The first-order valence-corrected chi connectivity index (χ1v) is 4.83. The first-order valence-electron chi connectivity index (χ1n) is 4.83. The zero-order valence-corrected chi connectivity index (χ0v) is 7.73. The molecule has 0 bridgehead atoms. The summed E-state index contributed by atoms with van der Waals surface area (Å²) in [6, 6.07) is 0.432. The van der Waals surface area contributed by atoms with Gasteiger partial charge in [-0.05, 0) is 25.8 Å². The van der Waals surface area contributed by atoms with Crippen LogP contribution >= 0.6 is 0 Å². The van der Waals surface area contributed by atoms with Crippen LogP contribution in [0.5, 0.6) is 0 Å². The van der Waals surface area contributed by atoms with Crippen molar-refractivity contribution in [2.24, 2.45) is 0 Å². The van der Waals surface area contributed by atoms with E-state index in [9.17, 15) is 4.79 Å². The van der Waals surface area contributed by atoms with Crippen molar-refractivity contribution in [3.05, 3.63) is 0 Å². The molecule has 1 atom stereocenters. The number of carbonyl (C=O) groups is 1. The first kappa shape index (κ1) is 9.52. The fourth-order valence-electron chi connectivity index (χ4n) is 1.49. The van der Waals surface area contributed by atoms with Gasteiger partial charge in [0.25, 0.3) is 0 Å². The average Bonchev–Trinajstić information content (AvgIpc) is 2.53. The van der Waals surface area contributed by atoms with E-state index in [4.69, 9.17) is 0 Å². The van der Waals surface area contributed by atoms with Gasteiger partial charge in [0.2, 0.25) is 5.91 Å². The van der Waals surface area contributed by atoms with Crippen LogP contribution in [0.25, 0.3) is 0 Å². The largest absolute Gasteiger partial charge is 0.356 e. The van der Waals surface area contributed by atoms with Crippen LogP contribution in [0.4, 0.5) is 0 Å². The molecule has 0 saturated carbocycles. The molecule has 0 aromatic heterocycles. The van der Waals surface area contributed by atoms with Gasteiger partial charge in [-0.1, -0.05) is 6.92 Å². The molecule has 1 amide bonds. The third-order valence-electron chi connectivity index (χ3n) is 2.17. The molecule has 1 saturated heterocycles. The van der Waals surface area contributed by atoms with Crippen molar-refractivity contribution < 1.29 is 4.79 Å². The molecule has 1 aliphatic rings. The lowest BCUT2D eigenvalue weighted by Gasteiger charge is -2.09. The summed E-state index contributed by atoms with van der Waals surface area (Å²) in [7, 11) is 0. The van der Waals surface area contributed by atoms with Crippen LogP contribution in [0.2, 0.25) is 0 Å². The van der Waals surface area contributed by atoms with Crippen LogP contribution in [-0.2, 0) is 4.79 Å². The molecule has 3 heteroatoms. The molecule has 12 heavy (non-hydrogen) atoms. The molecule has 3 nitrogen and oxygen atoms in total. The Morgan fingerprint density at radius 3 is 3.08 bits per heavy atom. The van der Waals surface area contributed by atoms with E-state index in [-0.39, 0.29) is 5.91 Å². The second-order valence-electron chi connectivity index (χ2n) is 3.35. The molecular formula is C9H18N2O. The average molecular weight is 170 g/mol. The van der Waals surface area contributed by atoms with Gasteiger partial charge in [-0.3, -0.25) is 4.79 Å². The monoisotopic (exact) mass is 170 g/mol. The summed E-state index contributed by atoms with van der Waals surface area (Å²) in [5.41, 5.74) is 0. The highest BCUT2D eigenvalue weighted by Gasteiger charge is 2.16. The molecule has 1 unspecified atom stereocenters. The summed E-state index contributed by atoms with van der Waals surface area (Å²) in [6.07, 6.45) is 4.04. The van der Waals surface area contributed by atoms with Crippen LogP contribution in [0.3, 0.4) is 0 Å². The van der Waals surface area contributed by atoms with Crippen molar-refractivity contribution in [2.75, 3.05) is 13.1 Å². The fraction of sp³-hybridized carbons (Fsp3) is 0.889. The molecular weight excluding hydrogens is 152 g/mol. The van der Waals surface area contributed by atoms with E-state index < -0.39 is 0 Å². The summed E-state index contributed by atoms with van der Waals surface area (Å²) in [6.45, 7) is 3.95. The smallest absolute Gasteiger partial charge is 0.221 e. The fourth-order valence-corrected chi connectivity index (χ4v) is 1.49. The second-order valence-corrected chi connectivity index (χ2v) is 3.35. The Bertz CT molecular complexity index is 141. The summed E-state index contributed by atoms with van der Waals surface area (Å²) < 4.78 is 0. The maximum Gasteiger partial charge on any atom is 0.221 e. The van der Waals surface area contributed by atoms with E-state index in [1.54, 1.807) is 0 Å². The lowest BCUT2D eigenvalue weighted by atomic mass is 10.1. The van der Waals surface area contributed by atoms with Crippen LogP contribution in [0, 0.1) is 0 Å². The minimum Gasteiger partial charge on any atom is -0.356 e. The van der Waals surface area contributed by atoms with E-state index >= 15 is 0 Å². The van der Waals surface area contributed by atoms with Gasteiger partial charge >= 0.3 is 0 Å². The molecule has 0 aliphatic carbocycles. The van der Waals surface area contributed by atoms with Crippen molar-refractivity contribution in [3.8, 4) is 0 Å². The third-order valence-corrected chi connectivity index (χ3v) is 2.17. The minimum atomic E-state index is 0.191. The van der Waals surface area contributed by atoms with Crippen LogP contribution < -0.4 is 10.6 Å². The molecule has 2 N–H and O–H groups in total. The van der Waals surface area contributed by atoms with E-state index in [0.717, 1.165) is 25.9 Å². The third kappa shape index (κ3) is 3.22. The maximum absolute atomic E-state index is 11.2. The lowest BCUT2D eigenvalue weighted by Crippen LogP contribution is -2.32. The number of carbonyl (C=O) groups excluding carboxylic acids is 1. The maximum atomic E-state index is 11.2. The Balaban J connectivity index is 2.08. The summed E-state index contributed by atoms with van der Waals surface area (Å²) >= 11 is 0. The highest BCUT2D eigenvalue weighted by atomic mass is 16.1. The van der Waals surface area contributed by atoms with Gasteiger partial charge in [0.15, 0.2) is 0 Å². The van der Waals surface area contributed by atoms with Crippen molar-refractivity contribution >= 4 is 5.91 Å². The van der Waals surface area contributed by atoms with Crippen LogP contribution in [0.15, 0.2) is 0 Å². The van der Waals surface area contributed by atoms with Crippen LogP contribution in [0.1, 0.15) is 32.6 Å². The van der Waals surface area contributed by atoms with Gasteiger partial charge in [0.05, 0.1) is 0 Å². The molecule has 70 valence electrons. The summed E-state index contributed by atoms with van der Waals surface area (Å²) in [5.74, 6) is 0.191. The Hall–Kier alpha value is -0.570. The minimum absolute atomic E-state index is 0.191. The van der Waals surface area contributed by atoms with Gasteiger partial charge in [-0.25, -0.2) is 0 Å². The summed E-state index contributed by atoms with van der Waals surface area (Å²) in [5, 5.41) is 6.18. The lowest BCUT2D eigenvalue weighted by molar-refractivity contribution is -0.121. The quantitative estimate of drug-likeness (QED) is 0.650. The number of hydrogen-bond donors (Lipinski definition) is 2. The van der Waals surface area contributed by atoms with Crippen molar-refractivity contribution in [1.82, 2.24) is 10.6 Å². The van der Waals surface area contributed by atoms with Crippen molar-refractivity contribution in [1.29, 1.82) is 0 Å². The molecule has 0 aromatic rings. The van der Waals surface area contributed by atoms with Gasteiger partial charge in [-0.15, -0.1) is 0 Å². The van der Waals surface area contributed by atoms with Gasteiger partial charge in [0.1, 0.15) is 0 Å². The highest BCUT2D eigenvalue weighted by Crippen LogP contribution is 2.07. The normalized spacial score (nSPS) is 22.6. The van der Waals surface area contributed by atoms with Crippen LogP contribution in [-0.4, -0.2) is 25.0 Å². The number of hydrogen-bond acceptors (Lipinski definition) is 2. The van der Waals surface area contributed by atoms with Crippen molar-refractivity contribution in [2.45, 2.75) is 38.6 Å². The van der Waals surface area contributed by atoms with E-state index in [2.05, 4.69) is 17.6 Å². The number of rotatable bonds is 4. The zero-order valence-electron chi connectivity index (χ0n) is 7.73. The molecule has 1 rings (SSSR count). The number of amides is 1. The van der Waals surface area contributed by atoms with E-state index in [1.165, 1.54) is 6.42 Å². The van der Waals surface area contributed by atoms with Crippen molar-refractivity contribution in [3.63, 3.8) is 0 Å². The van der Waals surface area contributed by atoms with Gasteiger partial charge in [0, 0.05) is 19.0 Å². The van der Waals surface area contributed by atoms with E-state index in [1.807, 2.05) is 0 Å². The Morgan fingerprint density at radius 1 is 1.67 bits per heavy atom. The Kier molecular flexibility index (Phi) is 4.08. The highest BCUT2D eigenvalue weighted by molar-refractivity contribution is 5.76. The molecule has 1 fully saturated rings. The zero-order chi connectivity index (χ0) is 8.81. The Labute approximate surface area is 73.9 Å². The second kappa shape index (κ2) is 5.14.